The highest BCUT2D eigenvalue weighted by Crippen LogP contribution is 2.52. The Morgan fingerprint density at radius 1 is 1.16 bits per heavy atom. The van der Waals surface area contributed by atoms with Gasteiger partial charge in [-0.3, -0.25) is 4.79 Å². The second-order valence-corrected chi connectivity index (χ2v) is 13.9. The van der Waals surface area contributed by atoms with Crippen LogP contribution in [0, 0.1) is 28.4 Å². The van der Waals surface area contributed by atoms with E-state index in [-0.39, 0.29) is 44.7 Å². The number of nitrogens with zero attached hydrogens (tertiary/aromatic N) is 2. The molecule has 4 atom stereocenters. The lowest BCUT2D eigenvalue weighted by Gasteiger charge is -2.37. The molecule has 3 N–H and O–H groups in total. The molecule has 7 nitrogen and oxygen atoms in total. The Bertz CT molecular complexity index is 1400. The van der Waals surface area contributed by atoms with Crippen LogP contribution in [0.1, 0.15) is 70.9 Å². The molecule has 2 aromatic carbocycles. The van der Waals surface area contributed by atoms with Gasteiger partial charge in [-0.2, -0.15) is 5.26 Å². The average molecular weight is 635 g/mol. The van der Waals surface area contributed by atoms with Crippen molar-refractivity contribution in [2.24, 2.45) is 5.41 Å². The fourth-order valence-corrected chi connectivity index (χ4v) is 6.75. The van der Waals surface area contributed by atoms with Gasteiger partial charge in [0.1, 0.15) is 17.0 Å². The maximum atomic E-state index is 15.8. The van der Waals surface area contributed by atoms with Gasteiger partial charge in [0.2, 0.25) is 5.91 Å². The minimum atomic E-state index is -1.69. The van der Waals surface area contributed by atoms with Gasteiger partial charge in [-0.05, 0) is 62.3 Å². The highest BCUT2D eigenvalue weighted by Gasteiger charge is 2.61. The quantitative estimate of drug-likeness (QED) is 0.348. The summed E-state index contributed by atoms with van der Waals surface area (Å²) in [6, 6.07) is 8.69. The zero-order valence-corrected chi connectivity index (χ0v) is 26.6. The number of hydrogen-bond acceptors (Lipinski definition) is 4. The normalized spacial score (nSPS) is 24.6. The first kappa shape index (κ1) is 33.0. The van der Waals surface area contributed by atoms with Crippen molar-refractivity contribution in [1.29, 1.82) is 5.26 Å². The summed E-state index contributed by atoms with van der Waals surface area (Å²) in [5, 5.41) is 20.3. The van der Waals surface area contributed by atoms with Crippen molar-refractivity contribution >= 4 is 35.1 Å². The van der Waals surface area contributed by atoms with E-state index in [1.54, 1.807) is 11.0 Å². The van der Waals surface area contributed by atoms with E-state index in [0.717, 1.165) is 6.07 Å². The number of amides is 3. The van der Waals surface area contributed by atoms with Crippen molar-refractivity contribution in [2.75, 3.05) is 13.1 Å². The van der Waals surface area contributed by atoms with Crippen LogP contribution in [0.15, 0.2) is 36.4 Å². The molecule has 43 heavy (non-hydrogen) atoms. The van der Waals surface area contributed by atoms with Crippen LogP contribution in [0.2, 0.25) is 10.0 Å². The smallest absolute Gasteiger partial charge is 0.317 e. The maximum Gasteiger partial charge on any atom is 0.317 e. The highest BCUT2D eigenvalue weighted by molar-refractivity contribution is 6.31. The second kappa shape index (κ2) is 13.0. The molecule has 0 aromatic heterocycles. The van der Waals surface area contributed by atoms with Gasteiger partial charge in [-0.25, -0.2) is 13.6 Å². The predicted molar refractivity (Wildman–Crippen MR) is 164 cm³/mol. The molecule has 0 radical (unpaired) electrons. The van der Waals surface area contributed by atoms with Crippen LogP contribution in [0.3, 0.4) is 0 Å². The number of nitriles is 1. The Kier molecular flexibility index (Phi) is 9.95. The number of carbonyl (C=O) groups is 2. The molecule has 2 saturated heterocycles. The van der Waals surface area contributed by atoms with Gasteiger partial charge in [0, 0.05) is 47.7 Å². The van der Waals surface area contributed by atoms with Crippen LogP contribution in [0.5, 0.6) is 0 Å². The fraction of sp³-hybridized carbons (Fsp3) is 0.531. The Hall–Kier alpha value is -2.93. The summed E-state index contributed by atoms with van der Waals surface area (Å²) in [4.78, 5) is 28.3. The highest BCUT2D eigenvalue weighted by atomic mass is 35.5. The van der Waals surface area contributed by atoms with Crippen LogP contribution in [-0.4, -0.2) is 54.1 Å². The average Bonchev–Trinajstić information content (AvgIpc) is 3.23. The third-order valence-electron chi connectivity index (χ3n) is 8.27. The molecule has 4 rings (SSSR count). The molecule has 2 aromatic rings. The van der Waals surface area contributed by atoms with Gasteiger partial charge < -0.3 is 20.9 Å². The van der Waals surface area contributed by atoms with Crippen LogP contribution in [0.4, 0.5) is 13.6 Å². The largest absolute Gasteiger partial charge is 0.352 e. The Balaban J connectivity index is 1.75. The van der Waals surface area contributed by atoms with Crippen LogP contribution in [0.25, 0.3) is 0 Å². The van der Waals surface area contributed by atoms with Crippen LogP contribution >= 0.6 is 23.2 Å². The van der Waals surface area contributed by atoms with Crippen molar-refractivity contribution < 1.29 is 18.4 Å². The zero-order chi connectivity index (χ0) is 31.7. The molecule has 0 unspecified atom stereocenters. The van der Waals surface area contributed by atoms with Crippen LogP contribution in [-0.2, 0) is 10.2 Å². The van der Waals surface area contributed by atoms with E-state index in [0.29, 0.717) is 32.4 Å². The third-order valence-corrected chi connectivity index (χ3v) is 8.80. The van der Waals surface area contributed by atoms with Gasteiger partial charge in [0.25, 0.3) is 0 Å². The molecule has 2 aliphatic rings. The summed E-state index contributed by atoms with van der Waals surface area (Å²) in [6.45, 7) is 10.7. The number of nitrogens with one attached hydrogen (secondary N) is 3. The molecule has 0 aliphatic carbocycles. The minimum absolute atomic E-state index is 0.00843. The Morgan fingerprint density at radius 2 is 1.84 bits per heavy atom. The fourth-order valence-electron chi connectivity index (χ4n) is 6.41. The van der Waals surface area contributed by atoms with Gasteiger partial charge in [0.05, 0.1) is 17.1 Å². The Labute approximate surface area is 262 Å². The second-order valence-electron chi connectivity index (χ2n) is 13.1. The maximum absolute atomic E-state index is 15.8. The summed E-state index contributed by atoms with van der Waals surface area (Å²) in [7, 11) is 0. The molecule has 2 fully saturated rings. The van der Waals surface area contributed by atoms with Gasteiger partial charge in [-0.1, -0.05) is 62.2 Å². The number of piperidine rings is 1. The molecule has 0 bridgehead atoms. The van der Waals surface area contributed by atoms with Crippen molar-refractivity contribution in [1.82, 2.24) is 20.9 Å². The zero-order valence-electron chi connectivity index (χ0n) is 25.1. The summed E-state index contributed by atoms with van der Waals surface area (Å²) in [6.07, 6.45) is 1.44. The molecule has 0 saturated carbocycles. The first-order chi connectivity index (χ1) is 20.2. The van der Waals surface area contributed by atoms with Crippen LogP contribution < -0.4 is 16.0 Å². The topological polar surface area (TPSA) is 97.3 Å². The van der Waals surface area contributed by atoms with Gasteiger partial charge in [-0.15, -0.1) is 0 Å². The number of halogens is 4. The van der Waals surface area contributed by atoms with E-state index < -0.39 is 41.0 Å². The van der Waals surface area contributed by atoms with Crippen molar-refractivity contribution in [3.8, 4) is 6.07 Å². The number of carbonyl (C=O) groups excluding carboxylic acids is 2. The first-order valence-electron chi connectivity index (χ1n) is 14.6. The lowest BCUT2D eigenvalue weighted by atomic mass is 9.62. The molecule has 232 valence electrons. The number of urea groups is 1. The standard InChI is InChI=1S/C32H39Cl2F2N5O2/c1-18(2)38-30(43)41-13-11-20(12-14-41)39-29(42)28-26(21-7-6-8-23(34)27(21)36)32(17-37,25(40-28)16-31(3,4)5)22-10-9-19(33)15-24(22)35/h6-10,15,18,20,25-26,28,40H,11-14,16H2,1-5H3,(H,38,43)(H,39,42)/t25-,26-,28+,32-/m0/s1. The molecular formula is C32H39Cl2F2N5O2. The van der Waals surface area contributed by atoms with Crippen molar-refractivity contribution in [2.45, 2.75) is 89.4 Å². The summed E-state index contributed by atoms with van der Waals surface area (Å²) < 4.78 is 31.6. The Morgan fingerprint density at radius 3 is 2.42 bits per heavy atom. The van der Waals surface area contributed by atoms with E-state index >= 15 is 8.78 Å². The van der Waals surface area contributed by atoms with Gasteiger partial charge in [0.15, 0.2) is 0 Å². The van der Waals surface area contributed by atoms with Gasteiger partial charge >= 0.3 is 6.03 Å². The number of hydrogen-bond donors (Lipinski definition) is 3. The molecule has 0 spiro atoms. The number of likely N-dealkylation sites (tertiary alicyclic amines) is 1. The molecule has 3 amide bonds. The van der Waals surface area contributed by atoms with E-state index in [9.17, 15) is 14.9 Å². The third kappa shape index (κ3) is 6.92. The molecule has 2 heterocycles. The lowest BCUT2D eigenvalue weighted by Crippen LogP contribution is -2.53. The monoisotopic (exact) mass is 633 g/mol. The SMILES string of the molecule is CC(C)NC(=O)N1CCC(NC(=O)[C@@H]2N[C@@H](CC(C)(C)C)[C@](C#N)(c3ccc(Cl)cc3F)[C@H]2c2cccc(Cl)c2F)CC1. The van der Waals surface area contributed by atoms with E-state index in [2.05, 4.69) is 22.0 Å². The number of rotatable bonds is 6. The van der Waals surface area contributed by atoms with Crippen molar-refractivity contribution in [3.63, 3.8) is 0 Å². The molecule has 11 heteroatoms. The summed E-state index contributed by atoms with van der Waals surface area (Å²) in [5.41, 5.74) is -1.94. The summed E-state index contributed by atoms with van der Waals surface area (Å²) >= 11 is 12.3. The van der Waals surface area contributed by atoms with E-state index in [1.165, 1.54) is 24.3 Å². The molecular weight excluding hydrogens is 595 g/mol. The summed E-state index contributed by atoms with van der Waals surface area (Å²) in [5.74, 6) is -3.03. The minimum Gasteiger partial charge on any atom is -0.352 e. The van der Waals surface area contributed by atoms with E-state index in [4.69, 9.17) is 23.2 Å². The molecule has 2 aliphatic heterocycles. The number of benzene rings is 2. The lowest BCUT2D eigenvalue weighted by molar-refractivity contribution is -0.124. The van der Waals surface area contributed by atoms with E-state index in [1.807, 2.05) is 34.6 Å². The predicted octanol–water partition coefficient (Wildman–Crippen LogP) is 6.29. The first-order valence-corrected chi connectivity index (χ1v) is 15.4. The van der Waals surface area contributed by atoms with Crippen molar-refractivity contribution in [3.05, 3.63) is 69.2 Å².